The van der Waals surface area contributed by atoms with Crippen molar-refractivity contribution in [2.75, 3.05) is 19.9 Å². The predicted octanol–water partition coefficient (Wildman–Crippen LogP) is 4.09. The van der Waals surface area contributed by atoms with Gasteiger partial charge in [0.25, 0.3) is 0 Å². The number of ketones is 1. The van der Waals surface area contributed by atoms with Crippen LogP contribution in [0.2, 0.25) is 0 Å². The molecular formula is C22H25NO4S. The van der Waals surface area contributed by atoms with Crippen molar-refractivity contribution in [3.63, 3.8) is 0 Å². The zero-order chi connectivity index (χ0) is 19.7. The topological polar surface area (TPSA) is 55.8 Å². The van der Waals surface area contributed by atoms with Crippen molar-refractivity contribution in [3.05, 3.63) is 45.6 Å². The van der Waals surface area contributed by atoms with Crippen molar-refractivity contribution in [2.24, 2.45) is 5.41 Å². The summed E-state index contributed by atoms with van der Waals surface area (Å²) >= 11 is 1.42. The van der Waals surface area contributed by atoms with Crippen molar-refractivity contribution >= 4 is 23.0 Å². The van der Waals surface area contributed by atoms with E-state index in [1.807, 2.05) is 22.4 Å². The lowest BCUT2D eigenvalue weighted by atomic mass is 9.77. The average Bonchev–Trinajstić information content (AvgIpc) is 3.30. The van der Waals surface area contributed by atoms with Crippen molar-refractivity contribution in [2.45, 2.75) is 39.5 Å². The number of ether oxygens (including phenoxy) is 2. The Morgan fingerprint density at radius 2 is 2.00 bits per heavy atom. The molecule has 1 aromatic heterocycles. The van der Waals surface area contributed by atoms with Crippen LogP contribution >= 0.6 is 11.3 Å². The molecular weight excluding hydrogens is 374 g/mol. The zero-order valence-corrected chi connectivity index (χ0v) is 17.1. The molecule has 148 valence electrons. The number of hydrogen-bond donors (Lipinski definition) is 0. The Kier molecular flexibility index (Phi) is 5.15. The van der Waals surface area contributed by atoms with E-state index in [0.29, 0.717) is 11.3 Å². The molecule has 2 aliphatic heterocycles. The minimum Gasteiger partial charge on any atom is -0.454 e. The van der Waals surface area contributed by atoms with E-state index in [9.17, 15) is 9.59 Å². The smallest absolute Gasteiger partial charge is 0.231 e. The molecule has 2 aliphatic rings. The van der Waals surface area contributed by atoms with E-state index in [2.05, 4.69) is 19.1 Å². The first kappa shape index (κ1) is 19.0. The maximum absolute atomic E-state index is 12.8. The number of Topliss-reactive ketones (excluding diaryl/α,β-unsaturated/α-hetero) is 1. The molecule has 1 saturated heterocycles. The molecule has 0 bridgehead atoms. The predicted molar refractivity (Wildman–Crippen MR) is 108 cm³/mol. The Labute approximate surface area is 169 Å². The van der Waals surface area contributed by atoms with E-state index in [0.717, 1.165) is 49.4 Å². The third-order valence-electron chi connectivity index (χ3n) is 5.56. The number of carbonyl (C=O) groups is 2. The summed E-state index contributed by atoms with van der Waals surface area (Å²) in [6, 6.07) is 7.97. The monoisotopic (exact) mass is 399 g/mol. The Morgan fingerprint density at radius 1 is 1.18 bits per heavy atom. The highest BCUT2D eigenvalue weighted by atomic mass is 32.1. The molecule has 6 heteroatoms. The number of rotatable bonds is 5. The van der Waals surface area contributed by atoms with Gasteiger partial charge in [0.2, 0.25) is 12.7 Å². The molecule has 0 N–H and O–H groups in total. The van der Waals surface area contributed by atoms with Crippen LogP contribution in [0.1, 0.15) is 47.5 Å². The number of nitrogens with zero attached hydrogens (tertiary/aromatic N) is 1. The van der Waals surface area contributed by atoms with Gasteiger partial charge in [0.15, 0.2) is 17.3 Å². The first-order valence-corrected chi connectivity index (χ1v) is 10.5. The molecule has 1 fully saturated rings. The van der Waals surface area contributed by atoms with Crippen LogP contribution in [0.5, 0.6) is 11.5 Å². The summed E-state index contributed by atoms with van der Waals surface area (Å²) in [7, 11) is 0. The van der Waals surface area contributed by atoms with Crippen LogP contribution < -0.4 is 9.47 Å². The Morgan fingerprint density at radius 3 is 2.79 bits per heavy atom. The van der Waals surface area contributed by atoms with E-state index in [1.54, 1.807) is 6.92 Å². The molecule has 1 aromatic carbocycles. The van der Waals surface area contributed by atoms with Gasteiger partial charge in [-0.05, 0) is 66.3 Å². The lowest BCUT2D eigenvalue weighted by Crippen LogP contribution is -2.46. The number of likely N-dealkylation sites (tertiary alicyclic amines) is 1. The third-order valence-corrected chi connectivity index (χ3v) is 6.64. The van der Waals surface area contributed by atoms with E-state index in [4.69, 9.17) is 9.47 Å². The van der Waals surface area contributed by atoms with Crippen LogP contribution in [0.3, 0.4) is 0 Å². The number of fused-ring (bicyclic) bond motifs is 1. The SMILES string of the molecule is CC(=O)c1cc(CC(=O)N2CCCC(C)(Cc3ccc4c(c3)OCO4)C2)cs1. The van der Waals surface area contributed by atoms with Gasteiger partial charge >= 0.3 is 0 Å². The Balaban J connectivity index is 1.41. The largest absolute Gasteiger partial charge is 0.454 e. The normalized spacial score (nSPS) is 21.0. The molecule has 4 rings (SSSR count). The second kappa shape index (κ2) is 7.59. The lowest BCUT2D eigenvalue weighted by Gasteiger charge is -2.41. The number of thiophene rings is 1. The number of piperidine rings is 1. The highest BCUT2D eigenvalue weighted by Gasteiger charge is 2.33. The van der Waals surface area contributed by atoms with Gasteiger partial charge in [-0.1, -0.05) is 13.0 Å². The van der Waals surface area contributed by atoms with Crippen molar-refractivity contribution in [3.8, 4) is 11.5 Å². The minimum atomic E-state index is 0.0425. The van der Waals surface area contributed by atoms with E-state index in [-0.39, 0.29) is 23.9 Å². The first-order chi connectivity index (χ1) is 13.4. The quantitative estimate of drug-likeness (QED) is 0.711. The lowest BCUT2D eigenvalue weighted by molar-refractivity contribution is -0.133. The Bertz CT molecular complexity index is 906. The second-order valence-corrected chi connectivity index (χ2v) is 9.06. The molecule has 0 saturated carbocycles. The molecule has 0 aliphatic carbocycles. The highest BCUT2D eigenvalue weighted by Crippen LogP contribution is 2.37. The maximum atomic E-state index is 12.8. The van der Waals surface area contributed by atoms with Gasteiger partial charge in [0.05, 0.1) is 11.3 Å². The maximum Gasteiger partial charge on any atom is 0.231 e. The van der Waals surface area contributed by atoms with Gasteiger partial charge in [-0.25, -0.2) is 0 Å². The molecule has 0 radical (unpaired) electrons. The number of carbonyl (C=O) groups excluding carboxylic acids is 2. The summed E-state index contributed by atoms with van der Waals surface area (Å²) in [5.41, 5.74) is 2.19. The standard InChI is InChI=1S/C22H25NO4S/c1-15(24)20-9-17(12-28-20)10-21(25)23-7-3-6-22(2,13-23)11-16-4-5-18-19(8-16)27-14-26-18/h4-5,8-9,12H,3,6-7,10-11,13-14H2,1-2H3. The molecule has 2 aromatic rings. The molecule has 1 unspecified atom stereocenters. The summed E-state index contributed by atoms with van der Waals surface area (Å²) in [6.07, 6.45) is 3.37. The molecule has 1 amide bonds. The van der Waals surface area contributed by atoms with Crippen LogP contribution in [0.4, 0.5) is 0 Å². The molecule has 0 spiro atoms. The summed E-state index contributed by atoms with van der Waals surface area (Å²) in [5, 5.41) is 1.92. The van der Waals surface area contributed by atoms with Crippen LogP contribution in [0.25, 0.3) is 0 Å². The highest BCUT2D eigenvalue weighted by molar-refractivity contribution is 7.12. The van der Waals surface area contributed by atoms with Crippen LogP contribution in [-0.4, -0.2) is 36.5 Å². The van der Waals surface area contributed by atoms with Crippen molar-refractivity contribution < 1.29 is 19.1 Å². The molecule has 28 heavy (non-hydrogen) atoms. The van der Waals surface area contributed by atoms with Crippen LogP contribution in [-0.2, 0) is 17.6 Å². The third kappa shape index (κ3) is 4.07. The minimum absolute atomic E-state index is 0.0425. The molecule has 5 nitrogen and oxygen atoms in total. The van der Waals surface area contributed by atoms with Crippen molar-refractivity contribution in [1.29, 1.82) is 0 Å². The van der Waals surface area contributed by atoms with Gasteiger partial charge in [0, 0.05) is 13.1 Å². The fourth-order valence-electron chi connectivity index (χ4n) is 4.16. The molecule has 1 atom stereocenters. The fraction of sp³-hybridized carbons (Fsp3) is 0.455. The van der Waals surface area contributed by atoms with Crippen LogP contribution in [0.15, 0.2) is 29.6 Å². The zero-order valence-electron chi connectivity index (χ0n) is 16.3. The summed E-state index contributed by atoms with van der Waals surface area (Å²) in [5.74, 6) is 1.81. The van der Waals surface area contributed by atoms with Gasteiger partial charge < -0.3 is 14.4 Å². The first-order valence-electron chi connectivity index (χ1n) is 9.67. The van der Waals surface area contributed by atoms with Gasteiger partial charge in [-0.2, -0.15) is 0 Å². The summed E-state index contributed by atoms with van der Waals surface area (Å²) in [4.78, 5) is 27.0. The van der Waals surface area contributed by atoms with E-state index < -0.39 is 0 Å². The summed E-state index contributed by atoms with van der Waals surface area (Å²) in [6.45, 7) is 5.66. The Hall–Kier alpha value is -2.34. The number of benzene rings is 1. The number of amides is 1. The van der Waals surface area contributed by atoms with Gasteiger partial charge in [0.1, 0.15) is 0 Å². The fourth-order valence-corrected chi connectivity index (χ4v) is 4.97. The summed E-state index contributed by atoms with van der Waals surface area (Å²) < 4.78 is 10.9. The van der Waals surface area contributed by atoms with E-state index in [1.165, 1.54) is 16.9 Å². The average molecular weight is 400 g/mol. The number of hydrogen-bond acceptors (Lipinski definition) is 5. The van der Waals surface area contributed by atoms with Crippen molar-refractivity contribution in [1.82, 2.24) is 4.90 Å². The van der Waals surface area contributed by atoms with Gasteiger partial charge in [-0.15, -0.1) is 11.3 Å². The van der Waals surface area contributed by atoms with E-state index >= 15 is 0 Å². The van der Waals surface area contributed by atoms with Gasteiger partial charge in [-0.3, -0.25) is 9.59 Å². The molecule has 3 heterocycles. The van der Waals surface area contributed by atoms with Crippen LogP contribution in [0, 0.1) is 5.41 Å². The second-order valence-electron chi connectivity index (χ2n) is 8.15.